The van der Waals surface area contributed by atoms with Crippen LogP contribution in [0, 0.1) is 0 Å². The van der Waals surface area contributed by atoms with E-state index in [0.717, 1.165) is 51.5 Å². The van der Waals surface area contributed by atoms with Crippen LogP contribution in [0.3, 0.4) is 0 Å². The molecule has 0 spiro atoms. The summed E-state index contributed by atoms with van der Waals surface area (Å²) < 4.78 is 0. The zero-order valence-corrected chi connectivity index (χ0v) is 17.1. The summed E-state index contributed by atoms with van der Waals surface area (Å²) in [4.78, 5) is 24.1. The molecule has 2 aromatic carbocycles. The number of hydrogen-bond donors (Lipinski definition) is 0. The molecule has 2 aliphatic heterocycles. The van der Waals surface area contributed by atoms with Crippen molar-refractivity contribution >= 4 is 17.4 Å². The van der Waals surface area contributed by atoms with E-state index >= 15 is 0 Å². The molecule has 2 aliphatic rings. The van der Waals surface area contributed by atoms with E-state index in [4.69, 9.17) is 0 Å². The highest BCUT2D eigenvalue weighted by Crippen LogP contribution is 2.23. The second kappa shape index (κ2) is 8.19. The number of rotatable bonds is 3. The lowest BCUT2D eigenvalue weighted by atomic mass is 10.00. The largest absolute Gasteiger partial charge is 0.368 e. The van der Waals surface area contributed by atoms with Crippen LogP contribution in [-0.4, -0.2) is 48.5 Å². The predicted molar refractivity (Wildman–Crippen MR) is 120 cm³/mol. The molecule has 0 radical (unpaired) electrons. The molecular weight excluding hydrogens is 372 g/mol. The maximum absolute atomic E-state index is 12.9. The summed E-state index contributed by atoms with van der Waals surface area (Å²) in [7, 11) is 0. The van der Waals surface area contributed by atoms with Crippen molar-refractivity contribution in [2.24, 2.45) is 0 Å². The van der Waals surface area contributed by atoms with Crippen LogP contribution in [0.5, 0.6) is 0 Å². The minimum atomic E-state index is 0.0748. The third-order valence-electron chi connectivity index (χ3n) is 6.14. The fraction of sp³-hybridized carbons (Fsp3) is 0.280. The lowest BCUT2D eigenvalue weighted by Gasteiger charge is -2.36. The maximum atomic E-state index is 12.9. The van der Waals surface area contributed by atoms with Crippen molar-refractivity contribution in [2.75, 3.05) is 42.5 Å². The Bertz CT molecular complexity index is 1010. The van der Waals surface area contributed by atoms with Crippen LogP contribution >= 0.6 is 0 Å². The predicted octanol–water partition coefficient (Wildman–Crippen LogP) is 3.61. The zero-order chi connectivity index (χ0) is 20.3. The molecule has 30 heavy (non-hydrogen) atoms. The number of aromatic nitrogens is 1. The van der Waals surface area contributed by atoms with Gasteiger partial charge in [-0.2, -0.15) is 0 Å². The fourth-order valence-electron chi connectivity index (χ4n) is 4.38. The van der Waals surface area contributed by atoms with Gasteiger partial charge < -0.3 is 14.7 Å². The molecule has 0 aliphatic carbocycles. The third kappa shape index (κ3) is 3.75. The molecule has 1 fully saturated rings. The normalized spacial score (nSPS) is 16.3. The standard InChI is InChI=1S/C25H26N4O/c30-25(28-16-14-27(15-17-28)23-8-2-1-3-9-23)21-10-11-24(26-18-21)29-13-12-20-6-4-5-7-22(20)19-29/h1-11,18H,12-17,19H2. The first-order valence-corrected chi connectivity index (χ1v) is 10.6. The van der Waals surface area contributed by atoms with Gasteiger partial charge in [0.25, 0.3) is 5.91 Å². The van der Waals surface area contributed by atoms with Gasteiger partial charge in [0.1, 0.15) is 5.82 Å². The molecular formula is C25H26N4O. The molecule has 5 heteroatoms. The van der Waals surface area contributed by atoms with E-state index in [1.54, 1.807) is 6.20 Å². The number of pyridine rings is 1. The molecule has 1 saturated heterocycles. The van der Waals surface area contributed by atoms with Crippen molar-refractivity contribution in [3.8, 4) is 0 Å². The molecule has 5 rings (SSSR count). The van der Waals surface area contributed by atoms with Crippen molar-refractivity contribution < 1.29 is 4.79 Å². The van der Waals surface area contributed by atoms with Crippen LogP contribution in [0.15, 0.2) is 72.9 Å². The van der Waals surface area contributed by atoms with Crippen LogP contribution in [0.1, 0.15) is 21.5 Å². The van der Waals surface area contributed by atoms with Gasteiger partial charge in [-0.3, -0.25) is 4.79 Å². The summed E-state index contributed by atoms with van der Waals surface area (Å²) in [6.07, 6.45) is 2.77. The topological polar surface area (TPSA) is 39.7 Å². The first-order valence-electron chi connectivity index (χ1n) is 10.6. The number of hydrogen-bond acceptors (Lipinski definition) is 4. The number of carbonyl (C=O) groups is 1. The molecule has 3 heterocycles. The summed E-state index contributed by atoms with van der Waals surface area (Å²) in [5.74, 6) is 1.01. The van der Waals surface area contributed by atoms with Gasteiger partial charge in [-0.15, -0.1) is 0 Å². The second-order valence-corrected chi connectivity index (χ2v) is 7.96. The summed E-state index contributed by atoms with van der Waals surface area (Å²) in [6, 6.07) is 22.9. The second-order valence-electron chi connectivity index (χ2n) is 7.96. The van der Waals surface area contributed by atoms with Crippen molar-refractivity contribution in [1.82, 2.24) is 9.88 Å². The van der Waals surface area contributed by atoms with Gasteiger partial charge in [0.2, 0.25) is 0 Å². The van der Waals surface area contributed by atoms with E-state index in [1.165, 1.54) is 16.8 Å². The SMILES string of the molecule is O=C(c1ccc(N2CCc3ccccc3C2)nc1)N1CCN(c2ccccc2)CC1. The summed E-state index contributed by atoms with van der Waals surface area (Å²) in [5.41, 5.74) is 4.68. The summed E-state index contributed by atoms with van der Waals surface area (Å²) >= 11 is 0. The van der Waals surface area contributed by atoms with Gasteiger partial charge in [0.15, 0.2) is 0 Å². The van der Waals surface area contributed by atoms with Crippen molar-refractivity contribution in [2.45, 2.75) is 13.0 Å². The molecule has 5 nitrogen and oxygen atoms in total. The Hall–Kier alpha value is -3.34. The van der Waals surface area contributed by atoms with Crippen LogP contribution in [0.2, 0.25) is 0 Å². The molecule has 0 saturated carbocycles. The molecule has 0 N–H and O–H groups in total. The molecule has 3 aromatic rings. The molecule has 152 valence electrons. The smallest absolute Gasteiger partial charge is 0.255 e. The molecule has 0 bridgehead atoms. The van der Waals surface area contributed by atoms with Crippen molar-refractivity contribution in [3.63, 3.8) is 0 Å². The van der Waals surface area contributed by atoms with Gasteiger partial charge in [-0.25, -0.2) is 4.98 Å². The summed E-state index contributed by atoms with van der Waals surface area (Å²) in [5, 5.41) is 0. The number of para-hydroxylation sites is 1. The van der Waals surface area contributed by atoms with Crippen LogP contribution in [-0.2, 0) is 13.0 Å². The van der Waals surface area contributed by atoms with Gasteiger partial charge >= 0.3 is 0 Å². The Labute approximate surface area is 177 Å². The van der Waals surface area contributed by atoms with E-state index < -0.39 is 0 Å². The number of piperazine rings is 1. The quantitative estimate of drug-likeness (QED) is 0.676. The van der Waals surface area contributed by atoms with Gasteiger partial charge in [-0.05, 0) is 41.8 Å². The van der Waals surface area contributed by atoms with Crippen molar-refractivity contribution in [1.29, 1.82) is 0 Å². The number of carbonyl (C=O) groups excluding carboxylic acids is 1. The minimum absolute atomic E-state index is 0.0748. The first-order chi connectivity index (χ1) is 14.8. The average Bonchev–Trinajstić information content (AvgIpc) is 2.84. The van der Waals surface area contributed by atoms with Crippen LogP contribution in [0.4, 0.5) is 11.5 Å². The Morgan fingerprint density at radius 1 is 0.733 bits per heavy atom. The highest BCUT2D eigenvalue weighted by atomic mass is 16.2. The first kappa shape index (κ1) is 18.7. The molecule has 0 atom stereocenters. The lowest BCUT2D eigenvalue weighted by Crippen LogP contribution is -2.48. The van der Waals surface area contributed by atoms with Gasteiger partial charge in [-0.1, -0.05) is 42.5 Å². The van der Waals surface area contributed by atoms with Gasteiger partial charge in [0, 0.05) is 51.2 Å². The van der Waals surface area contributed by atoms with Crippen molar-refractivity contribution in [3.05, 3.63) is 89.6 Å². The Morgan fingerprint density at radius 2 is 1.47 bits per heavy atom. The maximum Gasteiger partial charge on any atom is 0.255 e. The van der Waals surface area contributed by atoms with Crippen LogP contribution < -0.4 is 9.80 Å². The average molecular weight is 399 g/mol. The molecule has 0 unspecified atom stereocenters. The number of benzene rings is 2. The Morgan fingerprint density at radius 3 is 2.20 bits per heavy atom. The van der Waals surface area contributed by atoms with E-state index in [1.807, 2.05) is 23.1 Å². The highest BCUT2D eigenvalue weighted by Gasteiger charge is 2.23. The number of amides is 1. The fourth-order valence-corrected chi connectivity index (χ4v) is 4.38. The Kier molecular flexibility index (Phi) is 5.10. The number of anilines is 2. The third-order valence-corrected chi connectivity index (χ3v) is 6.14. The van der Waals surface area contributed by atoms with E-state index in [-0.39, 0.29) is 5.91 Å². The zero-order valence-electron chi connectivity index (χ0n) is 17.1. The number of fused-ring (bicyclic) bond motifs is 1. The van der Waals surface area contributed by atoms with E-state index in [9.17, 15) is 4.79 Å². The summed E-state index contributed by atoms with van der Waals surface area (Å²) in [6.45, 7) is 5.01. The van der Waals surface area contributed by atoms with E-state index in [0.29, 0.717) is 5.56 Å². The minimum Gasteiger partial charge on any atom is -0.368 e. The van der Waals surface area contributed by atoms with E-state index in [2.05, 4.69) is 63.3 Å². The molecule has 1 amide bonds. The Balaban J connectivity index is 1.21. The molecule has 1 aromatic heterocycles. The highest BCUT2D eigenvalue weighted by molar-refractivity contribution is 5.94. The van der Waals surface area contributed by atoms with Gasteiger partial charge in [0.05, 0.1) is 5.56 Å². The number of nitrogens with zero attached hydrogens (tertiary/aromatic N) is 4. The lowest BCUT2D eigenvalue weighted by molar-refractivity contribution is 0.0746. The monoisotopic (exact) mass is 398 g/mol. The van der Waals surface area contributed by atoms with Crippen LogP contribution in [0.25, 0.3) is 0 Å².